The molecule has 28 heavy (non-hydrogen) atoms. The van der Waals surface area contributed by atoms with Crippen molar-refractivity contribution < 1.29 is 28.8 Å². The molecule has 5 N–H and O–H groups in total. The fraction of sp³-hybridized carbons (Fsp3) is 0.500. The van der Waals surface area contributed by atoms with Crippen LogP contribution in [0.1, 0.15) is 17.3 Å². The third-order valence-electron chi connectivity index (χ3n) is 3.31. The molecule has 0 aliphatic heterocycles. The van der Waals surface area contributed by atoms with Gasteiger partial charge in [-0.05, 0) is 6.92 Å². The quantitative estimate of drug-likeness (QED) is 0.236. The van der Waals surface area contributed by atoms with E-state index in [1.807, 2.05) is 6.92 Å². The normalized spacial score (nSPS) is 9.82. The summed E-state index contributed by atoms with van der Waals surface area (Å²) in [6, 6.07) is 4.83. The van der Waals surface area contributed by atoms with Crippen molar-refractivity contribution in [2.45, 2.75) is 13.7 Å². The summed E-state index contributed by atoms with van der Waals surface area (Å²) < 4.78 is 20.5. The molecular weight excluding hydrogens is 366 g/mol. The molecule has 0 spiro atoms. The number of alkyl carbamates (subject to hydrolysis) is 1. The molecular formula is C16H26B2N4O6. The summed E-state index contributed by atoms with van der Waals surface area (Å²) >= 11 is 0. The summed E-state index contributed by atoms with van der Waals surface area (Å²) in [5, 5.41) is 20.3. The third-order valence-corrected chi connectivity index (χ3v) is 3.31. The monoisotopic (exact) mass is 392 g/mol. The van der Waals surface area contributed by atoms with Crippen LogP contribution in [0.4, 0.5) is 16.2 Å². The van der Waals surface area contributed by atoms with Gasteiger partial charge in [-0.3, -0.25) is 0 Å². The van der Waals surface area contributed by atoms with Gasteiger partial charge in [-0.25, -0.2) is 0 Å². The molecule has 152 valence electrons. The molecule has 0 atom stereocenters. The fourth-order valence-corrected chi connectivity index (χ4v) is 2.18. The second kappa shape index (κ2) is 13.6. The van der Waals surface area contributed by atoms with Crippen LogP contribution in [0.3, 0.4) is 0 Å². The van der Waals surface area contributed by atoms with Gasteiger partial charge in [0.15, 0.2) is 0 Å². The summed E-state index contributed by atoms with van der Waals surface area (Å²) in [7, 11) is -0.108. The van der Waals surface area contributed by atoms with E-state index in [0.717, 1.165) is 0 Å². The minimum absolute atomic E-state index is 0.0918. The summed E-state index contributed by atoms with van der Waals surface area (Å²) in [5.41, 5.74) is 1.41. The van der Waals surface area contributed by atoms with Crippen molar-refractivity contribution in [3.63, 3.8) is 0 Å². The number of ether oxygens (including phenoxy) is 2. The Kier molecular flexibility index (Phi) is 11.4. The van der Waals surface area contributed by atoms with E-state index in [4.69, 9.17) is 9.47 Å². The Balaban J connectivity index is 2.51. The van der Waals surface area contributed by atoms with Crippen molar-refractivity contribution in [1.82, 2.24) is 10.6 Å². The molecule has 0 saturated heterocycles. The Morgan fingerprint density at radius 2 is 1.86 bits per heavy atom. The first-order valence-electron chi connectivity index (χ1n) is 9.00. The van der Waals surface area contributed by atoms with Crippen molar-refractivity contribution in [2.24, 2.45) is 0 Å². The number of nitrogens with one attached hydrogen (secondary N) is 4. The van der Waals surface area contributed by atoms with Gasteiger partial charge in [0.1, 0.15) is 6.61 Å². The van der Waals surface area contributed by atoms with Crippen LogP contribution in [0.5, 0.6) is 0 Å². The number of carbonyl (C=O) groups excluding carboxylic acids is 2. The molecule has 0 unspecified atom stereocenters. The van der Waals surface area contributed by atoms with Crippen molar-refractivity contribution in [1.29, 1.82) is 0 Å². The van der Waals surface area contributed by atoms with E-state index in [9.17, 15) is 19.3 Å². The third kappa shape index (κ3) is 9.93. The van der Waals surface area contributed by atoms with Crippen LogP contribution in [0.15, 0.2) is 18.2 Å². The van der Waals surface area contributed by atoms with E-state index in [1.165, 1.54) is 0 Å². The second-order valence-corrected chi connectivity index (χ2v) is 5.68. The molecule has 1 aromatic carbocycles. The maximum absolute atomic E-state index is 12.3. The number of carbonyl (C=O) groups is 2. The summed E-state index contributed by atoms with van der Waals surface area (Å²) in [5.74, 6) is -0.366. The van der Waals surface area contributed by atoms with E-state index >= 15 is 0 Å². The van der Waals surface area contributed by atoms with Crippen molar-refractivity contribution in [2.75, 3.05) is 49.9 Å². The number of anilines is 2. The molecule has 0 aliphatic carbocycles. The minimum atomic E-state index is -0.810. The van der Waals surface area contributed by atoms with E-state index < -0.39 is 13.1 Å². The van der Waals surface area contributed by atoms with Gasteiger partial charge < -0.3 is 4.74 Å². The SMILES string of the molecule is CCOCCOC(=O)NCCNC(=O)c1cc(NCB=O)cc(NB(C)O)c1. The van der Waals surface area contributed by atoms with Crippen LogP contribution in [0.25, 0.3) is 0 Å². The van der Waals surface area contributed by atoms with E-state index in [2.05, 4.69) is 21.2 Å². The standard InChI is InChI=1S/C16H26B2N4O6/c1-3-27-6-7-28-16(24)20-5-4-19-15(23)12-8-13(21-11-17-25)10-14(9-12)22-18(2)26/h8-10,21-22,26H,3-7,11H2,1-2H3,(H,19,23)(H,20,24). The Morgan fingerprint density at radius 3 is 2.54 bits per heavy atom. The number of hydrogen-bond acceptors (Lipinski definition) is 8. The molecule has 12 heteroatoms. The first kappa shape index (κ1) is 23.4. The number of hydrogen-bond donors (Lipinski definition) is 5. The Labute approximate surface area is 165 Å². The Morgan fingerprint density at radius 1 is 1.14 bits per heavy atom. The van der Waals surface area contributed by atoms with E-state index in [-0.39, 0.29) is 32.0 Å². The van der Waals surface area contributed by atoms with Crippen LogP contribution in [-0.4, -0.2) is 70.6 Å². The zero-order valence-electron chi connectivity index (χ0n) is 16.1. The van der Waals surface area contributed by atoms with E-state index in [0.29, 0.717) is 37.3 Å². The van der Waals surface area contributed by atoms with Gasteiger partial charge >= 0.3 is 133 Å². The van der Waals surface area contributed by atoms with E-state index in [1.54, 1.807) is 25.0 Å². The Bertz CT molecular complexity index is 648. The average Bonchev–Trinajstić information content (AvgIpc) is 2.66. The van der Waals surface area contributed by atoms with Gasteiger partial charge in [-0.2, -0.15) is 0 Å². The zero-order chi connectivity index (χ0) is 20.8. The maximum atomic E-state index is 12.3. The Hall–Kier alpha value is -2.59. The average molecular weight is 392 g/mol. The zero-order valence-corrected chi connectivity index (χ0v) is 16.1. The van der Waals surface area contributed by atoms with Gasteiger partial charge in [0, 0.05) is 6.61 Å². The molecule has 1 rings (SSSR count). The predicted octanol–water partition coefficient (Wildman–Crippen LogP) is 0.120. The molecule has 0 fully saturated rings. The molecule has 0 heterocycles. The topological polar surface area (TPSA) is 138 Å². The molecule has 10 nitrogen and oxygen atoms in total. The van der Waals surface area contributed by atoms with Crippen LogP contribution in [0.2, 0.25) is 6.82 Å². The van der Waals surface area contributed by atoms with Crippen LogP contribution in [-0.2, 0) is 14.2 Å². The molecule has 0 aromatic heterocycles. The van der Waals surface area contributed by atoms with Crippen LogP contribution in [0, 0.1) is 0 Å². The molecule has 2 amide bonds. The van der Waals surface area contributed by atoms with Gasteiger partial charge in [-0.15, -0.1) is 0 Å². The molecule has 1 aromatic rings. The number of benzene rings is 1. The number of amides is 2. The summed E-state index contributed by atoms with van der Waals surface area (Å²) in [4.78, 5) is 23.8. The van der Waals surface area contributed by atoms with Gasteiger partial charge in [0.25, 0.3) is 0 Å². The van der Waals surface area contributed by atoms with Crippen molar-refractivity contribution >= 4 is 37.6 Å². The van der Waals surface area contributed by atoms with Gasteiger partial charge in [0.2, 0.25) is 0 Å². The molecule has 0 saturated carbocycles. The first-order valence-corrected chi connectivity index (χ1v) is 9.00. The second-order valence-electron chi connectivity index (χ2n) is 5.68. The molecule has 0 radical (unpaired) electrons. The summed E-state index contributed by atoms with van der Waals surface area (Å²) in [6.07, 6.45) is -0.494. The van der Waals surface area contributed by atoms with Crippen LogP contribution >= 0.6 is 0 Å². The predicted molar refractivity (Wildman–Crippen MR) is 107 cm³/mol. The summed E-state index contributed by atoms with van der Waals surface area (Å²) in [6.45, 7) is 4.83. The number of rotatable bonds is 13. The van der Waals surface area contributed by atoms with Crippen molar-refractivity contribution in [3.8, 4) is 0 Å². The molecule has 0 aliphatic rings. The van der Waals surface area contributed by atoms with Gasteiger partial charge in [-0.1, -0.05) is 0 Å². The van der Waals surface area contributed by atoms with Gasteiger partial charge in [0.05, 0.1) is 6.61 Å². The molecule has 0 bridgehead atoms. The first-order chi connectivity index (χ1) is 13.5. The van der Waals surface area contributed by atoms with Crippen LogP contribution < -0.4 is 21.2 Å². The van der Waals surface area contributed by atoms with Crippen molar-refractivity contribution in [3.05, 3.63) is 23.8 Å². The fourth-order valence-electron chi connectivity index (χ4n) is 2.18.